The summed E-state index contributed by atoms with van der Waals surface area (Å²) in [6, 6.07) is 154. The van der Waals surface area contributed by atoms with Crippen molar-refractivity contribution >= 4 is 141 Å². The molecule has 8 aromatic heterocycles. The van der Waals surface area contributed by atoms with Gasteiger partial charge in [0.1, 0.15) is 11.2 Å². The van der Waals surface area contributed by atoms with Gasteiger partial charge >= 0.3 is 0 Å². The summed E-state index contributed by atoms with van der Waals surface area (Å²) in [5, 5.41) is 14.1. The highest BCUT2D eigenvalue weighted by molar-refractivity contribution is 7.25. The van der Waals surface area contributed by atoms with E-state index in [0.717, 1.165) is 139 Å². The lowest BCUT2D eigenvalue weighted by Crippen LogP contribution is -2.03. The maximum Gasteiger partial charge on any atom is 0.164 e. The first-order chi connectivity index (χ1) is 65.9. The van der Waals surface area contributed by atoms with Crippen LogP contribution >= 0.6 is 11.3 Å². The number of hydrogen-bond acceptors (Lipinski definition) is 9. The fraction of sp³-hybridized carbons (Fsp3) is 0. The molecule has 0 aliphatic carbocycles. The lowest BCUT2D eigenvalue weighted by Gasteiger charge is -2.21. The zero-order chi connectivity index (χ0) is 87.3. The Bertz CT molecular complexity index is 9310. The number of rotatable bonds is 12. The van der Waals surface area contributed by atoms with Gasteiger partial charge < -0.3 is 27.4 Å². The fourth-order valence-electron chi connectivity index (χ4n) is 20.2. The minimum absolute atomic E-state index is 0.586. The van der Waals surface area contributed by atoms with Crippen molar-refractivity contribution in [2.45, 2.75) is 0 Å². The van der Waals surface area contributed by atoms with Gasteiger partial charge in [0.2, 0.25) is 0 Å². The van der Waals surface area contributed by atoms with E-state index in [1.54, 1.807) is 0 Å². The van der Waals surface area contributed by atoms with Crippen molar-refractivity contribution in [3.8, 4) is 136 Å². The molecule has 27 aromatic rings. The molecule has 0 bridgehead atoms. The quantitative estimate of drug-likeness (QED) is 0.119. The average Bonchev–Trinajstić information content (AvgIpc) is 1.56. The smallest absolute Gasteiger partial charge is 0.164 e. The van der Waals surface area contributed by atoms with Crippen molar-refractivity contribution in [3.63, 3.8) is 0 Å². The van der Waals surface area contributed by atoms with Crippen LogP contribution < -0.4 is 4.74 Å². The largest absolute Gasteiger partial charge is 0.456 e. The van der Waals surface area contributed by atoms with Crippen molar-refractivity contribution in [1.29, 1.82) is 0 Å². The number of aromatic nitrogens is 10. The molecule has 0 radical (unpaired) electrons. The lowest BCUT2D eigenvalue weighted by atomic mass is 9.97. The minimum atomic E-state index is 0.586. The van der Waals surface area contributed by atoms with E-state index in [9.17, 15) is 0 Å². The fourth-order valence-corrected chi connectivity index (χ4v) is 21.4. The Hall–Kier alpha value is -17.8. The van der Waals surface area contributed by atoms with Gasteiger partial charge in [-0.05, 0) is 179 Å². The number of furan rings is 1. The number of nitrogens with zero attached hydrogens (tertiary/aromatic N) is 10. The van der Waals surface area contributed by atoms with Crippen LogP contribution in [-0.4, -0.2) is 48.2 Å². The molecule has 0 saturated heterocycles. The minimum Gasteiger partial charge on any atom is -0.456 e. The van der Waals surface area contributed by atoms with Gasteiger partial charge in [-0.15, -0.1) is 11.3 Å². The molecule has 0 N–H and O–H groups in total. The number of benzene rings is 19. The molecule has 9 heterocycles. The summed E-state index contributed by atoms with van der Waals surface area (Å²) < 4.78 is 25.3. The van der Waals surface area contributed by atoms with E-state index in [0.29, 0.717) is 34.9 Å². The average molecular weight is 1720 g/mol. The molecule has 0 atom stereocenters. The number of para-hydroxylation sites is 7. The molecule has 1 aliphatic heterocycles. The first-order valence-corrected chi connectivity index (χ1v) is 45.5. The van der Waals surface area contributed by atoms with E-state index >= 15 is 0 Å². The molecule has 133 heavy (non-hydrogen) atoms. The van der Waals surface area contributed by atoms with Gasteiger partial charge in [-0.25, -0.2) is 29.9 Å². The lowest BCUT2D eigenvalue weighted by molar-refractivity contribution is 0.476. The van der Waals surface area contributed by atoms with Crippen LogP contribution in [0.1, 0.15) is 0 Å². The van der Waals surface area contributed by atoms with Crippen LogP contribution in [0, 0.1) is 0 Å². The van der Waals surface area contributed by atoms with Crippen LogP contribution in [0.25, 0.3) is 254 Å². The Labute approximate surface area is 765 Å². The SMILES string of the molecule is c1ccc(-c2nc(-c3ccccc3)nc(-c3ccc4c(c3)sc3cc(-c5ccc6c7ccccc7n(-c7ccc8c(c7)c7ccccc7n8-c7ccccc7)c6c5)ccc34)n2)cc1.c1ccc(-c2nc(-c3ccccc3)nc(-c3cccc4oc5ccc(-c6ccc7c(c6)c6cc(-c8cc9c%10c(c8)c8ccccc8n%10-c8ccccc8O9)ccc6n7-c6ccccc6)cc5c34)n2)cc1. The van der Waals surface area contributed by atoms with Crippen LogP contribution in [0.15, 0.2) is 441 Å². The van der Waals surface area contributed by atoms with Crippen molar-refractivity contribution < 1.29 is 9.15 Å². The Balaban J connectivity index is 0.000000137. The summed E-state index contributed by atoms with van der Waals surface area (Å²) in [5.74, 6) is 5.49. The van der Waals surface area contributed by atoms with Gasteiger partial charge in [0.25, 0.3) is 0 Å². The Morgan fingerprint density at radius 3 is 1.15 bits per heavy atom. The summed E-state index contributed by atoms with van der Waals surface area (Å²) in [4.78, 5) is 30.1. The van der Waals surface area contributed by atoms with Gasteiger partial charge in [-0.3, -0.25) is 0 Å². The molecule has 0 spiro atoms. The molecule has 620 valence electrons. The number of ether oxygens (including phenoxy) is 1. The maximum atomic E-state index is 6.72. The zero-order valence-electron chi connectivity index (χ0n) is 71.3. The Morgan fingerprint density at radius 2 is 0.579 bits per heavy atom. The van der Waals surface area contributed by atoms with E-state index in [1.807, 2.05) is 151 Å². The van der Waals surface area contributed by atoms with Crippen molar-refractivity contribution in [2.75, 3.05) is 0 Å². The van der Waals surface area contributed by atoms with Crippen LogP contribution in [0.5, 0.6) is 11.5 Å². The molecule has 12 nitrogen and oxygen atoms in total. The van der Waals surface area contributed by atoms with Gasteiger partial charge in [0, 0.05) is 124 Å². The molecule has 0 amide bonds. The van der Waals surface area contributed by atoms with E-state index in [-0.39, 0.29) is 0 Å². The second-order valence-corrected chi connectivity index (χ2v) is 35.1. The first kappa shape index (κ1) is 75.4. The van der Waals surface area contributed by atoms with Crippen molar-refractivity contribution in [1.82, 2.24) is 48.2 Å². The summed E-state index contributed by atoms with van der Waals surface area (Å²) >= 11 is 1.81. The van der Waals surface area contributed by atoms with E-state index in [4.69, 9.17) is 39.1 Å². The number of hydrogen-bond donors (Lipinski definition) is 0. The van der Waals surface area contributed by atoms with E-state index in [2.05, 4.69) is 316 Å². The predicted octanol–water partition coefficient (Wildman–Crippen LogP) is 31.5. The van der Waals surface area contributed by atoms with Crippen molar-refractivity contribution in [3.05, 3.63) is 437 Å². The molecule has 13 heteroatoms. The molecule has 19 aromatic carbocycles. The second-order valence-electron chi connectivity index (χ2n) is 34.0. The zero-order valence-corrected chi connectivity index (χ0v) is 72.1. The van der Waals surface area contributed by atoms with Crippen LogP contribution in [0.2, 0.25) is 0 Å². The Kier molecular flexibility index (Phi) is 17.3. The second kappa shape index (κ2) is 30.5. The van der Waals surface area contributed by atoms with Gasteiger partial charge in [0.15, 0.2) is 46.4 Å². The van der Waals surface area contributed by atoms with Crippen LogP contribution in [0.3, 0.4) is 0 Å². The molecule has 28 rings (SSSR count). The number of fused-ring (bicyclic) bond motifs is 20. The normalized spacial score (nSPS) is 12.0. The van der Waals surface area contributed by atoms with E-state index < -0.39 is 0 Å². The molecule has 1 aliphatic rings. The number of thiophene rings is 1. The Morgan fingerprint density at radius 1 is 0.195 bits per heavy atom. The molecule has 0 unspecified atom stereocenters. The third-order valence-electron chi connectivity index (χ3n) is 26.3. The molecular formula is C120H72N10O2S. The predicted molar refractivity (Wildman–Crippen MR) is 546 cm³/mol. The van der Waals surface area contributed by atoms with Crippen molar-refractivity contribution in [2.24, 2.45) is 0 Å². The van der Waals surface area contributed by atoms with Gasteiger partial charge in [-0.1, -0.05) is 291 Å². The van der Waals surface area contributed by atoms with Crippen LogP contribution in [-0.2, 0) is 0 Å². The standard InChI is InChI=1S/C63H37N5O2.C57H35N5S/c1-4-15-38(16-5-1)61-64-62(39-17-6-2-7-18-39)66-63(65-61)46-22-14-26-57-59(46)50-35-41(29-32-55(50)69-57)40-27-30-52-47(33-40)48-34-42(28-31-53(48)67(52)44-19-8-3-9-20-44)43-36-49-45-21-10-11-23-51(45)68-54-24-12-13-25-56(54)70-58(37-43)60(49)68;1-4-14-36(15-5-1)55-58-56(37-16-6-2-7-17-37)60-57(59-55)40-26-30-47-46-29-25-39(33-53(46)63-54(47)34-40)38-24-28-45-43-20-10-12-22-49(43)62(52(45)32-38)42-27-31-51-48(35-42)44-21-11-13-23-50(44)61(51)41-18-8-3-9-19-41/h1-37H;1-35H. The van der Waals surface area contributed by atoms with Crippen LogP contribution in [0.4, 0.5) is 0 Å². The summed E-state index contributed by atoms with van der Waals surface area (Å²) in [6.07, 6.45) is 0. The summed E-state index contributed by atoms with van der Waals surface area (Å²) in [7, 11) is 0. The van der Waals surface area contributed by atoms with Gasteiger partial charge in [0.05, 0.1) is 49.8 Å². The molecule has 0 saturated carbocycles. The topological polar surface area (TPSA) is 119 Å². The highest BCUT2D eigenvalue weighted by atomic mass is 32.1. The third-order valence-corrected chi connectivity index (χ3v) is 27.4. The highest BCUT2D eigenvalue weighted by Crippen LogP contribution is 2.50. The van der Waals surface area contributed by atoms with E-state index in [1.165, 1.54) is 91.2 Å². The summed E-state index contributed by atoms with van der Waals surface area (Å²) in [5.41, 5.74) is 27.7. The molecular weight excluding hydrogens is 1650 g/mol. The highest BCUT2D eigenvalue weighted by Gasteiger charge is 2.28. The monoisotopic (exact) mass is 1720 g/mol. The molecule has 0 fully saturated rings. The summed E-state index contributed by atoms with van der Waals surface area (Å²) in [6.45, 7) is 0. The third kappa shape index (κ3) is 12.5. The van der Waals surface area contributed by atoms with Gasteiger partial charge in [-0.2, -0.15) is 0 Å². The first-order valence-electron chi connectivity index (χ1n) is 44.7. The maximum absolute atomic E-state index is 6.72.